The van der Waals surface area contributed by atoms with Crippen molar-refractivity contribution in [3.05, 3.63) is 34.9 Å². The van der Waals surface area contributed by atoms with E-state index >= 15 is 0 Å². The molecule has 1 aromatic rings. The zero-order chi connectivity index (χ0) is 27.0. The molecule has 2 unspecified atom stereocenters. The predicted octanol–water partition coefficient (Wildman–Crippen LogP) is 5.14. The van der Waals surface area contributed by atoms with Gasteiger partial charge in [0.25, 0.3) is 0 Å². The Morgan fingerprint density at radius 3 is 2.17 bits per heavy atom. The summed E-state index contributed by atoms with van der Waals surface area (Å²) in [6, 6.07) is 4.22. The number of hydrogen-bond donors (Lipinski definition) is 2. The molecule has 0 spiro atoms. The second-order valence-electron chi connectivity index (χ2n) is 11.0. The van der Waals surface area contributed by atoms with E-state index in [1.165, 1.54) is 0 Å². The Labute approximate surface area is 216 Å². The molecule has 1 aromatic carbocycles. The van der Waals surface area contributed by atoms with Crippen molar-refractivity contribution < 1.29 is 19.1 Å². The van der Waals surface area contributed by atoms with Crippen LogP contribution in [0.15, 0.2) is 18.2 Å². The van der Waals surface area contributed by atoms with Crippen LogP contribution in [-0.2, 0) is 14.3 Å². The minimum Gasteiger partial charge on any atom is -0.444 e. The number of thioether (sulfide) groups is 1. The van der Waals surface area contributed by atoms with Crippen molar-refractivity contribution in [2.75, 3.05) is 18.6 Å². The molecule has 1 rings (SSSR count). The highest BCUT2D eigenvalue weighted by Crippen LogP contribution is 2.26. The molecule has 2 N–H and O–H groups in total. The molecule has 0 saturated heterocycles. The minimum absolute atomic E-state index is 0.247. The third kappa shape index (κ3) is 10.5. The summed E-state index contributed by atoms with van der Waals surface area (Å²) >= 11 is 1.59. The molecule has 0 aliphatic carbocycles. The quantitative estimate of drug-likeness (QED) is 0.458. The van der Waals surface area contributed by atoms with E-state index in [2.05, 4.69) is 10.6 Å². The Bertz CT molecular complexity index is 874. The molecule has 0 aromatic heterocycles. The maximum absolute atomic E-state index is 13.9. The van der Waals surface area contributed by atoms with Crippen molar-refractivity contribution in [1.29, 1.82) is 0 Å². The van der Waals surface area contributed by atoms with Crippen LogP contribution in [0.3, 0.4) is 0 Å². The van der Waals surface area contributed by atoms with Gasteiger partial charge in [0.1, 0.15) is 17.7 Å². The Morgan fingerprint density at radius 2 is 1.69 bits per heavy atom. The molecular weight excluding hydrogens is 462 g/mol. The van der Waals surface area contributed by atoms with Crippen LogP contribution in [0, 0.1) is 13.8 Å². The number of hydrogen-bond acceptors (Lipinski definition) is 5. The molecule has 0 heterocycles. The second-order valence-corrected chi connectivity index (χ2v) is 12.0. The fourth-order valence-electron chi connectivity index (χ4n) is 3.60. The van der Waals surface area contributed by atoms with Crippen LogP contribution in [0.5, 0.6) is 0 Å². The molecule has 0 fully saturated rings. The van der Waals surface area contributed by atoms with Gasteiger partial charge < -0.3 is 20.3 Å². The highest BCUT2D eigenvalue weighted by molar-refractivity contribution is 7.98. The topological polar surface area (TPSA) is 87.7 Å². The monoisotopic (exact) mass is 507 g/mol. The van der Waals surface area contributed by atoms with Crippen molar-refractivity contribution in [3.63, 3.8) is 0 Å². The summed E-state index contributed by atoms with van der Waals surface area (Å²) in [6.45, 7) is 17.4. The molecule has 0 aliphatic heterocycles. The largest absolute Gasteiger partial charge is 0.444 e. The smallest absolute Gasteiger partial charge is 0.408 e. The Kier molecular flexibility index (Phi) is 11.6. The Morgan fingerprint density at radius 1 is 1.06 bits per heavy atom. The van der Waals surface area contributed by atoms with Gasteiger partial charge in [-0.3, -0.25) is 9.59 Å². The van der Waals surface area contributed by atoms with E-state index < -0.39 is 29.3 Å². The number of benzene rings is 1. The standard InChI is InChI=1S/C27H45N3O4S/c1-11-15-30(24(32)21(14-16-35-10)28-25(33)34-27(7,8)9)22(23(31)29-26(4,5)6)20-13-12-18(2)19(3)17-20/h12-13,17,21-22H,11,14-16H2,1-10H3,(H,28,33)(H,29,31). The summed E-state index contributed by atoms with van der Waals surface area (Å²) in [4.78, 5) is 41.7. The van der Waals surface area contributed by atoms with Crippen molar-refractivity contribution in [2.45, 2.75) is 98.4 Å². The number of carbonyl (C=O) groups is 3. The molecule has 198 valence electrons. The lowest BCUT2D eigenvalue weighted by atomic mass is 9.97. The first-order valence-electron chi connectivity index (χ1n) is 12.3. The van der Waals surface area contributed by atoms with Crippen molar-refractivity contribution in [3.8, 4) is 0 Å². The van der Waals surface area contributed by atoms with Crippen LogP contribution >= 0.6 is 11.8 Å². The van der Waals surface area contributed by atoms with Crippen LogP contribution in [0.1, 0.15) is 84.0 Å². The summed E-state index contributed by atoms with van der Waals surface area (Å²) in [7, 11) is 0. The molecule has 0 aliphatic rings. The number of carbonyl (C=O) groups excluding carboxylic acids is 3. The first-order valence-corrected chi connectivity index (χ1v) is 13.7. The van der Waals surface area contributed by atoms with Gasteiger partial charge in [-0.15, -0.1) is 0 Å². The lowest BCUT2D eigenvalue weighted by molar-refractivity contribution is -0.143. The molecule has 0 bridgehead atoms. The number of ether oxygens (including phenoxy) is 1. The molecule has 7 nitrogen and oxygen atoms in total. The van der Waals surface area contributed by atoms with E-state index in [0.29, 0.717) is 25.1 Å². The van der Waals surface area contributed by atoms with E-state index in [9.17, 15) is 14.4 Å². The summed E-state index contributed by atoms with van der Waals surface area (Å²) < 4.78 is 5.42. The number of nitrogens with one attached hydrogen (secondary N) is 2. The summed E-state index contributed by atoms with van der Waals surface area (Å²) in [5.74, 6) is 0.136. The molecule has 3 amide bonds. The fraction of sp³-hybridized carbons (Fsp3) is 0.667. The van der Waals surface area contributed by atoms with Crippen LogP contribution in [0.2, 0.25) is 0 Å². The second kappa shape index (κ2) is 13.2. The SMILES string of the molecule is CCCN(C(=O)C(CCSC)NC(=O)OC(C)(C)C)C(C(=O)NC(C)(C)C)c1ccc(C)c(C)c1. The molecule has 0 radical (unpaired) electrons. The van der Waals surface area contributed by atoms with Gasteiger partial charge in [-0.2, -0.15) is 11.8 Å². The average Bonchev–Trinajstić information content (AvgIpc) is 2.70. The van der Waals surface area contributed by atoms with E-state index in [-0.39, 0.29) is 11.8 Å². The molecule has 8 heteroatoms. The lowest BCUT2D eigenvalue weighted by Gasteiger charge is -2.36. The van der Waals surface area contributed by atoms with E-state index in [0.717, 1.165) is 16.7 Å². The van der Waals surface area contributed by atoms with Gasteiger partial charge in [0.2, 0.25) is 11.8 Å². The summed E-state index contributed by atoms with van der Waals surface area (Å²) in [5.41, 5.74) is 1.75. The molecule has 2 atom stereocenters. The predicted molar refractivity (Wildman–Crippen MR) is 145 cm³/mol. The van der Waals surface area contributed by atoms with Crippen LogP contribution < -0.4 is 10.6 Å². The van der Waals surface area contributed by atoms with Gasteiger partial charge in [0.15, 0.2) is 0 Å². The van der Waals surface area contributed by atoms with Gasteiger partial charge in [-0.05, 0) is 96.9 Å². The van der Waals surface area contributed by atoms with Gasteiger partial charge in [0.05, 0.1) is 0 Å². The van der Waals surface area contributed by atoms with E-state index in [1.807, 2.05) is 66.0 Å². The van der Waals surface area contributed by atoms with Gasteiger partial charge in [-0.25, -0.2) is 4.79 Å². The van der Waals surface area contributed by atoms with Crippen molar-refractivity contribution in [1.82, 2.24) is 15.5 Å². The molecular formula is C27H45N3O4S. The third-order valence-corrected chi connectivity index (χ3v) is 5.90. The zero-order valence-electron chi connectivity index (χ0n) is 23.2. The zero-order valence-corrected chi connectivity index (χ0v) is 24.0. The number of aryl methyl sites for hydroxylation is 2. The summed E-state index contributed by atoms with van der Waals surface area (Å²) in [5, 5.41) is 5.81. The number of amides is 3. The Hall–Kier alpha value is -2.22. The summed E-state index contributed by atoms with van der Waals surface area (Å²) in [6.07, 6.45) is 2.40. The van der Waals surface area contributed by atoms with Crippen LogP contribution in [-0.4, -0.2) is 58.5 Å². The van der Waals surface area contributed by atoms with E-state index in [4.69, 9.17) is 4.74 Å². The average molecular weight is 508 g/mol. The molecule has 0 saturated carbocycles. The van der Waals surface area contributed by atoms with Crippen LogP contribution in [0.4, 0.5) is 4.79 Å². The first kappa shape index (κ1) is 30.8. The van der Waals surface area contributed by atoms with Crippen molar-refractivity contribution in [2.24, 2.45) is 0 Å². The highest BCUT2D eigenvalue weighted by atomic mass is 32.2. The third-order valence-electron chi connectivity index (χ3n) is 5.25. The number of rotatable bonds is 10. The van der Waals surface area contributed by atoms with Crippen molar-refractivity contribution >= 4 is 29.7 Å². The molecule has 35 heavy (non-hydrogen) atoms. The maximum atomic E-state index is 13.9. The van der Waals surface area contributed by atoms with Gasteiger partial charge >= 0.3 is 6.09 Å². The normalized spacial score (nSPS) is 13.5. The lowest BCUT2D eigenvalue weighted by Crippen LogP contribution is -2.55. The van der Waals surface area contributed by atoms with Crippen LogP contribution in [0.25, 0.3) is 0 Å². The number of alkyl carbamates (subject to hydrolysis) is 1. The number of nitrogens with zero attached hydrogens (tertiary/aromatic N) is 1. The van der Waals surface area contributed by atoms with Gasteiger partial charge in [0, 0.05) is 12.1 Å². The Balaban J connectivity index is 3.47. The van der Waals surface area contributed by atoms with E-state index in [1.54, 1.807) is 37.4 Å². The minimum atomic E-state index is -0.821. The maximum Gasteiger partial charge on any atom is 0.408 e. The van der Waals surface area contributed by atoms with Gasteiger partial charge in [-0.1, -0.05) is 25.1 Å². The fourth-order valence-corrected chi connectivity index (χ4v) is 4.07. The first-order chi connectivity index (χ1) is 16.1. The highest BCUT2D eigenvalue weighted by Gasteiger charge is 2.36.